The van der Waals surface area contributed by atoms with Crippen molar-refractivity contribution >= 4 is 34.1 Å². The van der Waals surface area contributed by atoms with Crippen molar-refractivity contribution in [3.63, 3.8) is 0 Å². The molecule has 0 unspecified atom stereocenters. The van der Waals surface area contributed by atoms with Gasteiger partial charge in [-0.25, -0.2) is 0 Å². The number of nitrogens with one attached hydrogen (secondary N) is 1. The number of unbranched alkanes of at least 4 members (excludes halogenated alkanes) is 1. The number of hydrogen-bond acceptors (Lipinski definition) is 3. The van der Waals surface area contributed by atoms with E-state index in [1.165, 1.54) is 17.7 Å². The predicted molar refractivity (Wildman–Crippen MR) is 110 cm³/mol. The highest BCUT2D eigenvalue weighted by Gasteiger charge is 2.06. The Hall–Kier alpha value is -2.46. The molecular formula is C22H23NO2S. The summed E-state index contributed by atoms with van der Waals surface area (Å²) in [6, 6.07) is 21.8. The van der Waals surface area contributed by atoms with Crippen molar-refractivity contribution < 1.29 is 9.53 Å². The van der Waals surface area contributed by atoms with E-state index < -0.39 is 0 Å². The van der Waals surface area contributed by atoms with E-state index >= 15 is 0 Å². The summed E-state index contributed by atoms with van der Waals surface area (Å²) in [5.74, 6) is 1.69. The van der Waals surface area contributed by atoms with Gasteiger partial charge in [0.25, 0.3) is 5.91 Å². The van der Waals surface area contributed by atoms with Gasteiger partial charge in [0.1, 0.15) is 5.75 Å². The van der Waals surface area contributed by atoms with Crippen molar-refractivity contribution in [2.24, 2.45) is 0 Å². The zero-order valence-electron chi connectivity index (χ0n) is 14.9. The second kappa shape index (κ2) is 9.30. The van der Waals surface area contributed by atoms with Crippen molar-refractivity contribution in [1.29, 1.82) is 0 Å². The largest absolute Gasteiger partial charge is 0.483 e. The SMILES string of the molecule is CCCCSc1ccc(NC(=O)COc2cccc3ccccc23)cc1. The molecule has 0 heterocycles. The summed E-state index contributed by atoms with van der Waals surface area (Å²) in [5.41, 5.74) is 0.788. The number of amides is 1. The summed E-state index contributed by atoms with van der Waals surface area (Å²) >= 11 is 1.84. The fraction of sp³-hybridized carbons (Fsp3) is 0.227. The summed E-state index contributed by atoms with van der Waals surface area (Å²) in [6.45, 7) is 2.18. The van der Waals surface area contributed by atoms with Gasteiger partial charge in [-0.2, -0.15) is 0 Å². The second-order valence-corrected chi connectivity index (χ2v) is 7.21. The van der Waals surface area contributed by atoms with Gasteiger partial charge in [-0.1, -0.05) is 49.7 Å². The molecular weight excluding hydrogens is 342 g/mol. The molecule has 3 aromatic carbocycles. The minimum Gasteiger partial charge on any atom is -0.483 e. The number of anilines is 1. The minimum absolute atomic E-state index is 0.0129. The first kappa shape index (κ1) is 18.3. The lowest BCUT2D eigenvalue weighted by molar-refractivity contribution is -0.118. The number of benzene rings is 3. The summed E-state index contributed by atoms with van der Waals surface area (Å²) < 4.78 is 5.73. The monoisotopic (exact) mass is 365 g/mol. The van der Waals surface area contributed by atoms with Gasteiger partial charge in [-0.3, -0.25) is 4.79 Å². The number of hydrogen-bond donors (Lipinski definition) is 1. The fourth-order valence-electron chi connectivity index (χ4n) is 2.63. The summed E-state index contributed by atoms with van der Waals surface area (Å²) in [5, 5.41) is 4.99. The zero-order valence-corrected chi connectivity index (χ0v) is 15.7. The predicted octanol–water partition coefficient (Wildman–Crippen LogP) is 5.75. The number of fused-ring (bicyclic) bond motifs is 1. The van der Waals surface area contributed by atoms with Gasteiger partial charge in [0.2, 0.25) is 0 Å². The Balaban J connectivity index is 1.54. The third-order valence-electron chi connectivity index (χ3n) is 4.01. The maximum absolute atomic E-state index is 12.2. The van der Waals surface area contributed by atoms with Gasteiger partial charge < -0.3 is 10.1 Å². The smallest absolute Gasteiger partial charge is 0.262 e. The van der Waals surface area contributed by atoms with Gasteiger partial charge in [0.15, 0.2) is 6.61 Å². The molecule has 134 valence electrons. The molecule has 0 aliphatic heterocycles. The van der Waals surface area contributed by atoms with Crippen LogP contribution in [-0.2, 0) is 4.79 Å². The molecule has 0 aliphatic rings. The molecule has 0 saturated carbocycles. The zero-order chi connectivity index (χ0) is 18.2. The summed E-state index contributed by atoms with van der Waals surface area (Å²) in [7, 11) is 0. The Morgan fingerprint density at radius 2 is 1.77 bits per heavy atom. The van der Waals surface area contributed by atoms with Crippen LogP contribution in [0.15, 0.2) is 71.6 Å². The minimum atomic E-state index is -0.163. The number of rotatable bonds is 8. The molecule has 1 amide bonds. The second-order valence-electron chi connectivity index (χ2n) is 6.04. The van der Waals surface area contributed by atoms with E-state index in [-0.39, 0.29) is 12.5 Å². The maximum atomic E-state index is 12.2. The van der Waals surface area contributed by atoms with Crippen LogP contribution in [0.1, 0.15) is 19.8 Å². The number of carbonyl (C=O) groups is 1. The van der Waals surface area contributed by atoms with Crippen LogP contribution in [0.3, 0.4) is 0 Å². The first-order valence-electron chi connectivity index (χ1n) is 8.89. The Labute approximate surface area is 158 Å². The van der Waals surface area contributed by atoms with Gasteiger partial charge >= 0.3 is 0 Å². The summed E-state index contributed by atoms with van der Waals surface area (Å²) in [6.07, 6.45) is 2.42. The molecule has 0 atom stereocenters. The third-order valence-corrected chi connectivity index (χ3v) is 5.11. The molecule has 3 aromatic rings. The molecule has 1 N–H and O–H groups in total. The van der Waals surface area contributed by atoms with Crippen molar-refractivity contribution in [1.82, 2.24) is 0 Å². The lowest BCUT2D eigenvalue weighted by atomic mass is 10.1. The van der Waals surface area contributed by atoms with Crippen LogP contribution in [-0.4, -0.2) is 18.3 Å². The molecule has 0 radical (unpaired) electrons. The Kier molecular flexibility index (Phi) is 6.56. The van der Waals surface area contributed by atoms with Gasteiger partial charge in [0.05, 0.1) is 0 Å². The van der Waals surface area contributed by atoms with Crippen molar-refractivity contribution in [3.05, 3.63) is 66.7 Å². The standard InChI is InChI=1S/C22H23NO2S/c1-2-3-15-26-19-13-11-18(12-14-19)23-22(24)16-25-21-10-6-8-17-7-4-5-9-20(17)21/h4-14H,2-3,15-16H2,1H3,(H,23,24). The Morgan fingerprint density at radius 3 is 2.58 bits per heavy atom. The Morgan fingerprint density at radius 1 is 1.00 bits per heavy atom. The highest BCUT2D eigenvalue weighted by atomic mass is 32.2. The molecule has 0 spiro atoms. The van der Waals surface area contributed by atoms with Gasteiger partial charge in [-0.15, -0.1) is 11.8 Å². The van der Waals surface area contributed by atoms with Crippen LogP contribution < -0.4 is 10.1 Å². The number of ether oxygens (including phenoxy) is 1. The molecule has 3 rings (SSSR count). The van der Waals surface area contributed by atoms with Crippen molar-refractivity contribution in [3.8, 4) is 5.75 Å². The molecule has 0 bridgehead atoms. The average Bonchev–Trinajstić information content (AvgIpc) is 2.68. The van der Waals surface area contributed by atoms with Crippen molar-refractivity contribution in [2.75, 3.05) is 17.7 Å². The quantitative estimate of drug-likeness (QED) is 0.408. The highest BCUT2D eigenvalue weighted by Crippen LogP contribution is 2.25. The van der Waals surface area contributed by atoms with Crippen molar-refractivity contribution in [2.45, 2.75) is 24.7 Å². The van der Waals surface area contributed by atoms with Crippen LogP contribution in [0.5, 0.6) is 5.75 Å². The first-order chi connectivity index (χ1) is 12.8. The van der Waals surface area contributed by atoms with Crippen LogP contribution in [0.2, 0.25) is 0 Å². The fourth-order valence-corrected chi connectivity index (χ4v) is 3.63. The number of thioether (sulfide) groups is 1. The maximum Gasteiger partial charge on any atom is 0.262 e. The first-order valence-corrected chi connectivity index (χ1v) is 9.88. The van der Waals surface area contributed by atoms with E-state index in [0.29, 0.717) is 0 Å². The van der Waals surface area contributed by atoms with E-state index in [2.05, 4.69) is 12.2 Å². The Bertz CT molecular complexity index is 856. The lowest BCUT2D eigenvalue weighted by Crippen LogP contribution is -2.20. The molecule has 3 nitrogen and oxygen atoms in total. The molecule has 26 heavy (non-hydrogen) atoms. The van der Waals surface area contributed by atoms with Crippen LogP contribution in [0.25, 0.3) is 10.8 Å². The van der Waals surface area contributed by atoms with E-state index in [4.69, 9.17) is 4.74 Å². The average molecular weight is 365 g/mol. The number of carbonyl (C=O) groups excluding carboxylic acids is 1. The van der Waals surface area contributed by atoms with E-state index in [1.807, 2.05) is 78.5 Å². The lowest BCUT2D eigenvalue weighted by Gasteiger charge is -2.10. The van der Waals surface area contributed by atoms with Crippen LogP contribution in [0.4, 0.5) is 5.69 Å². The van der Waals surface area contributed by atoms with Crippen LogP contribution >= 0.6 is 11.8 Å². The molecule has 0 aromatic heterocycles. The van der Waals surface area contributed by atoms with Crippen LogP contribution in [0, 0.1) is 0 Å². The molecule has 0 fully saturated rings. The van der Waals surface area contributed by atoms with Gasteiger partial charge in [0, 0.05) is 16.0 Å². The van der Waals surface area contributed by atoms with E-state index in [9.17, 15) is 4.79 Å². The highest BCUT2D eigenvalue weighted by molar-refractivity contribution is 7.99. The normalized spacial score (nSPS) is 10.7. The van der Waals surface area contributed by atoms with Gasteiger partial charge in [-0.05, 0) is 47.9 Å². The molecule has 4 heteroatoms. The summed E-state index contributed by atoms with van der Waals surface area (Å²) in [4.78, 5) is 13.4. The topological polar surface area (TPSA) is 38.3 Å². The molecule has 0 aliphatic carbocycles. The molecule has 0 saturated heterocycles. The third kappa shape index (κ3) is 5.02. The van der Waals surface area contributed by atoms with E-state index in [0.717, 1.165) is 28.0 Å². The van der Waals surface area contributed by atoms with E-state index in [1.54, 1.807) is 0 Å².